The van der Waals surface area contributed by atoms with Crippen molar-refractivity contribution in [1.82, 2.24) is 4.98 Å². The van der Waals surface area contributed by atoms with Crippen LogP contribution >= 0.6 is 11.6 Å². The molecule has 0 atom stereocenters. The molecule has 0 unspecified atom stereocenters. The maximum atomic E-state index is 7.33. The van der Waals surface area contributed by atoms with Gasteiger partial charge in [-0.15, -0.1) is 0 Å². The van der Waals surface area contributed by atoms with Crippen molar-refractivity contribution in [2.45, 2.75) is 0 Å². The van der Waals surface area contributed by atoms with Crippen LogP contribution in [0.3, 0.4) is 0 Å². The Bertz CT molecular complexity index is 473. The lowest BCUT2D eigenvalue weighted by Gasteiger charge is -1.97. The Morgan fingerprint density at radius 2 is 2.23 bits per heavy atom. The Balaban J connectivity index is 2.86. The van der Waals surface area contributed by atoms with Gasteiger partial charge in [-0.3, -0.25) is 5.41 Å². The van der Waals surface area contributed by atoms with Crippen LogP contribution < -0.4 is 5.73 Å². The first-order valence-electron chi connectivity index (χ1n) is 3.80. The van der Waals surface area contributed by atoms with Crippen molar-refractivity contribution >= 4 is 28.3 Å². The molecule has 66 valence electrons. The summed E-state index contributed by atoms with van der Waals surface area (Å²) >= 11 is 5.98. The number of aromatic nitrogens is 1. The van der Waals surface area contributed by atoms with E-state index in [1.807, 2.05) is 12.1 Å². The summed E-state index contributed by atoms with van der Waals surface area (Å²) < 4.78 is 0. The summed E-state index contributed by atoms with van der Waals surface area (Å²) in [6, 6.07) is 5.53. The number of hydrogen-bond donors (Lipinski definition) is 3. The van der Waals surface area contributed by atoms with Gasteiger partial charge in [0.15, 0.2) is 0 Å². The van der Waals surface area contributed by atoms with Crippen LogP contribution in [0.5, 0.6) is 0 Å². The highest BCUT2D eigenvalue weighted by molar-refractivity contribution is 6.36. The van der Waals surface area contributed by atoms with Gasteiger partial charge in [0.1, 0.15) is 5.84 Å². The molecule has 0 bridgehead atoms. The largest absolute Gasteiger partial charge is 0.384 e. The second kappa shape index (κ2) is 2.78. The molecule has 4 N–H and O–H groups in total. The van der Waals surface area contributed by atoms with Crippen molar-refractivity contribution in [2.75, 3.05) is 0 Å². The normalized spacial score (nSPS) is 10.5. The predicted molar refractivity (Wildman–Crippen MR) is 54.3 cm³/mol. The summed E-state index contributed by atoms with van der Waals surface area (Å²) in [5.74, 6) is 0.0272. The van der Waals surface area contributed by atoms with Crippen LogP contribution in [0.4, 0.5) is 0 Å². The van der Waals surface area contributed by atoms with Gasteiger partial charge < -0.3 is 10.7 Å². The van der Waals surface area contributed by atoms with E-state index in [9.17, 15) is 0 Å². The highest BCUT2D eigenvalue weighted by atomic mass is 35.5. The van der Waals surface area contributed by atoms with E-state index in [-0.39, 0.29) is 5.84 Å². The van der Waals surface area contributed by atoms with Gasteiger partial charge in [-0.1, -0.05) is 17.7 Å². The number of fused-ring (bicyclic) bond motifs is 1. The Morgan fingerprint density at radius 3 is 2.92 bits per heavy atom. The van der Waals surface area contributed by atoms with Gasteiger partial charge in [-0.05, 0) is 12.1 Å². The number of nitrogen functional groups attached to an aromatic ring is 1. The van der Waals surface area contributed by atoms with Crippen LogP contribution in [0.15, 0.2) is 24.4 Å². The Hall–Kier alpha value is -1.48. The summed E-state index contributed by atoms with van der Waals surface area (Å²) in [7, 11) is 0. The molecule has 0 fully saturated rings. The van der Waals surface area contributed by atoms with Gasteiger partial charge in [0.25, 0.3) is 0 Å². The Morgan fingerprint density at radius 1 is 1.46 bits per heavy atom. The second-order valence-corrected chi connectivity index (χ2v) is 3.19. The summed E-state index contributed by atoms with van der Waals surface area (Å²) in [4.78, 5) is 3.01. The van der Waals surface area contributed by atoms with E-state index in [0.29, 0.717) is 10.6 Å². The highest BCUT2D eigenvalue weighted by Gasteiger charge is 2.08. The third kappa shape index (κ3) is 1.17. The van der Waals surface area contributed by atoms with Crippen LogP contribution in [0.1, 0.15) is 5.56 Å². The van der Waals surface area contributed by atoms with E-state index in [1.54, 1.807) is 12.3 Å². The lowest BCUT2D eigenvalue weighted by atomic mass is 10.1. The number of nitrogens with two attached hydrogens (primary N) is 1. The smallest absolute Gasteiger partial charge is 0.125 e. The molecule has 0 saturated carbocycles. The van der Waals surface area contributed by atoms with Crippen LogP contribution in [0, 0.1) is 5.41 Å². The minimum absolute atomic E-state index is 0.0272. The Kier molecular flexibility index (Phi) is 1.74. The number of halogens is 1. The summed E-state index contributed by atoms with van der Waals surface area (Å²) in [5, 5.41) is 8.76. The molecule has 2 rings (SSSR count). The molecule has 4 heteroatoms. The number of amidine groups is 1. The maximum absolute atomic E-state index is 7.33. The van der Waals surface area contributed by atoms with E-state index >= 15 is 0 Å². The lowest BCUT2D eigenvalue weighted by molar-refractivity contribution is 1.41. The number of benzene rings is 1. The molecule has 1 heterocycles. The van der Waals surface area contributed by atoms with Crippen molar-refractivity contribution in [2.24, 2.45) is 5.73 Å². The minimum Gasteiger partial charge on any atom is -0.384 e. The standard InChI is InChI=1S/C9H8ClN3/c10-6-2-1-3-7-8(6)5(4-13-7)9(11)12/h1-4,13H,(H3,11,12). The van der Waals surface area contributed by atoms with Gasteiger partial charge in [0, 0.05) is 22.7 Å². The van der Waals surface area contributed by atoms with Gasteiger partial charge in [0.05, 0.1) is 5.02 Å². The molecule has 1 aromatic carbocycles. The molecule has 0 aliphatic rings. The van der Waals surface area contributed by atoms with Crippen molar-refractivity contribution in [1.29, 1.82) is 5.41 Å². The van der Waals surface area contributed by atoms with Crippen LogP contribution in [-0.2, 0) is 0 Å². The summed E-state index contributed by atoms with van der Waals surface area (Å²) in [5.41, 5.74) is 6.95. The number of rotatable bonds is 1. The fourth-order valence-electron chi connectivity index (χ4n) is 1.35. The van der Waals surface area contributed by atoms with E-state index in [1.165, 1.54) is 0 Å². The van der Waals surface area contributed by atoms with Crippen molar-refractivity contribution < 1.29 is 0 Å². The zero-order valence-corrected chi connectivity index (χ0v) is 7.52. The molecular weight excluding hydrogens is 186 g/mol. The van der Waals surface area contributed by atoms with Crippen molar-refractivity contribution in [3.05, 3.63) is 35.0 Å². The average Bonchev–Trinajstić information content (AvgIpc) is 2.49. The topological polar surface area (TPSA) is 65.7 Å². The molecule has 1 aromatic heterocycles. The molecule has 0 amide bonds. The number of aromatic amines is 1. The van der Waals surface area contributed by atoms with E-state index in [0.717, 1.165) is 10.9 Å². The van der Waals surface area contributed by atoms with Gasteiger partial charge in [0.2, 0.25) is 0 Å². The number of hydrogen-bond acceptors (Lipinski definition) is 1. The summed E-state index contributed by atoms with van der Waals surface area (Å²) in [6.45, 7) is 0. The molecule has 2 aromatic rings. The first-order valence-corrected chi connectivity index (χ1v) is 4.18. The highest BCUT2D eigenvalue weighted by Crippen LogP contribution is 2.25. The fourth-order valence-corrected chi connectivity index (χ4v) is 1.63. The van der Waals surface area contributed by atoms with E-state index in [2.05, 4.69) is 4.98 Å². The third-order valence-corrected chi connectivity index (χ3v) is 2.26. The van der Waals surface area contributed by atoms with Crippen molar-refractivity contribution in [3.63, 3.8) is 0 Å². The van der Waals surface area contributed by atoms with E-state index in [4.69, 9.17) is 22.7 Å². The first kappa shape index (κ1) is 8.13. The molecule has 3 nitrogen and oxygen atoms in total. The SMILES string of the molecule is N=C(N)c1c[nH]c2cccc(Cl)c12. The molecule has 0 spiro atoms. The van der Waals surface area contributed by atoms with Gasteiger partial charge >= 0.3 is 0 Å². The molecule has 0 saturated heterocycles. The zero-order chi connectivity index (χ0) is 9.42. The monoisotopic (exact) mass is 193 g/mol. The number of nitrogens with one attached hydrogen (secondary N) is 2. The molecular formula is C9H8ClN3. The average molecular weight is 194 g/mol. The third-order valence-electron chi connectivity index (χ3n) is 1.95. The molecule has 0 aliphatic heterocycles. The fraction of sp³-hybridized carbons (Fsp3) is 0. The van der Waals surface area contributed by atoms with Gasteiger partial charge in [-0.25, -0.2) is 0 Å². The summed E-state index contributed by atoms with van der Waals surface area (Å²) in [6.07, 6.45) is 1.69. The maximum Gasteiger partial charge on any atom is 0.125 e. The van der Waals surface area contributed by atoms with Gasteiger partial charge in [-0.2, -0.15) is 0 Å². The first-order chi connectivity index (χ1) is 6.20. The second-order valence-electron chi connectivity index (χ2n) is 2.78. The van der Waals surface area contributed by atoms with E-state index < -0.39 is 0 Å². The van der Waals surface area contributed by atoms with Crippen molar-refractivity contribution in [3.8, 4) is 0 Å². The van der Waals surface area contributed by atoms with Crippen LogP contribution in [0.2, 0.25) is 5.02 Å². The van der Waals surface area contributed by atoms with Crippen LogP contribution in [0.25, 0.3) is 10.9 Å². The zero-order valence-electron chi connectivity index (χ0n) is 6.76. The quantitative estimate of drug-likeness (QED) is 0.471. The molecule has 0 radical (unpaired) electrons. The van der Waals surface area contributed by atoms with Crippen LogP contribution in [-0.4, -0.2) is 10.8 Å². The number of H-pyrrole nitrogens is 1. The minimum atomic E-state index is 0.0272. The Labute approximate surface area is 80.0 Å². The molecule has 13 heavy (non-hydrogen) atoms. The predicted octanol–water partition coefficient (Wildman–Crippen LogP) is 2.11. The lowest BCUT2D eigenvalue weighted by Crippen LogP contribution is -2.10. The molecule has 0 aliphatic carbocycles.